The quantitative estimate of drug-likeness (QED) is 0.315. The van der Waals surface area contributed by atoms with Crippen molar-refractivity contribution < 1.29 is 9.90 Å². The Labute approximate surface area is 200 Å². The highest BCUT2D eigenvalue weighted by molar-refractivity contribution is 5.84. The predicted octanol–water partition coefficient (Wildman–Crippen LogP) is 6.49. The first-order valence-corrected chi connectivity index (χ1v) is 11.6. The van der Waals surface area contributed by atoms with Crippen LogP contribution in [0, 0.1) is 0 Å². The van der Waals surface area contributed by atoms with Crippen LogP contribution >= 0.6 is 0 Å². The minimum Gasteiger partial charge on any atom is -0.480 e. The Bertz CT molecular complexity index is 1270. The van der Waals surface area contributed by atoms with Crippen molar-refractivity contribution in [1.29, 1.82) is 0 Å². The van der Waals surface area contributed by atoms with Gasteiger partial charge in [-0.1, -0.05) is 115 Å². The third-order valence-electron chi connectivity index (χ3n) is 6.79. The van der Waals surface area contributed by atoms with Crippen LogP contribution in [0.2, 0.25) is 0 Å². The molecule has 0 fully saturated rings. The molecule has 0 amide bonds. The number of carbonyl (C=O) groups is 1. The number of fused-ring (bicyclic) bond motifs is 3. The first kappa shape index (κ1) is 21.9. The average Bonchev–Trinajstić information content (AvgIpc) is 3.18. The number of rotatable bonds is 8. The van der Waals surface area contributed by atoms with Crippen LogP contribution < -0.4 is 0 Å². The highest BCUT2D eigenvalue weighted by Gasteiger charge is 2.51. The molecule has 0 saturated heterocycles. The third kappa shape index (κ3) is 3.46. The lowest BCUT2D eigenvalue weighted by molar-refractivity contribution is -0.145. The minimum absolute atomic E-state index is 0.334. The summed E-state index contributed by atoms with van der Waals surface area (Å²) < 4.78 is 0. The second-order valence-electron chi connectivity index (χ2n) is 8.66. The molecule has 5 rings (SSSR count). The molecule has 0 bridgehead atoms. The van der Waals surface area contributed by atoms with E-state index in [2.05, 4.69) is 72.1 Å². The van der Waals surface area contributed by atoms with Crippen LogP contribution in [0.3, 0.4) is 0 Å². The molecule has 1 aliphatic carbocycles. The number of benzene rings is 4. The summed E-state index contributed by atoms with van der Waals surface area (Å²) in [6, 6.07) is 36.4. The molecule has 34 heavy (non-hydrogen) atoms. The molecule has 3 nitrogen and oxygen atoms in total. The van der Waals surface area contributed by atoms with Crippen LogP contribution in [0.25, 0.3) is 11.1 Å². The summed E-state index contributed by atoms with van der Waals surface area (Å²) in [4.78, 5) is 14.9. The van der Waals surface area contributed by atoms with E-state index in [1.165, 1.54) is 0 Å². The maximum atomic E-state index is 12.8. The van der Waals surface area contributed by atoms with Gasteiger partial charge in [0.1, 0.15) is 6.04 Å². The van der Waals surface area contributed by atoms with E-state index in [0.29, 0.717) is 13.0 Å². The van der Waals surface area contributed by atoms with Gasteiger partial charge in [-0.3, -0.25) is 9.69 Å². The fourth-order valence-corrected chi connectivity index (χ4v) is 5.44. The number of hydrogen-bond donors (Lipinski definition) is 1. The Hall–Kier alpha value is -3.95. The first-order valence-electron chi connectivity index (χ1n) is 11.6. The van der Waals surface area contributed by atoms with Gasteiger partial charge in [0.05, 0.1) is 5.54 Å². The molecular weight excluding hydrogens is 418 g/mol. The first-order chi connectivity index (χ1) is 16.7. The van der Waals surface area contributed by atoms with Crippen LogP contribution in [-0.4, -0.2) is 22.0 Å². The van der Waals surface area contributed by atoms with Gasteiger partial charge in [-0.15, -0.1) is 6.58 Å². The number of hydrogen-bond acceptors (Lipinski definition) is 2. The predicted molar refractivity (Wildman–Crippen MR) is 136 cm³/mol. The van der Waals surface area contributed by atoms with E-state index in [4.69, 9.17) is 0 Å². The van der Waals surface area contributed by atoms with Gasteiger partial charge in [-0.05, 0) is 39.8 Å². The van der Waals surface area contributed by atoms with Crippen molar-refractivity contribution in [1.82, 2.24) is 4.90 Å². The van der Waals surface area contributed by atoms with Gasteiger partial charge in [0, 0.05) is 6.54 Å². The van der Waals surface area contributed by atoms with E-state index in [-0.39, 0.29) is 0 Å². The monoisotopic (exact) mass is 445 g/mol. The van der Waals surface area contributed by atoms with Gasteiger partial charge in [-0.2, -0.15) is 0 Å². The van der Waals surface area contributed by atoms with Crippen molar-refractivity contribution in [3.63, 3.8) is 0 Å². The van der Waals surface area contributed by atoms with E-state index < -0.39 is 17.6 Å². The van der Waals surface area contributed by atoms with Gasteiger partial charge in [0.2, 0.25) is 0 Å². The van der Waals surface area contributed by atoms with Crippen molar-refractivity contribution in [3.8, 4) is 11.1 Å². The van der Waals surface area contributed by atoms with E-state index >= 15 is 0 Å². The van der Waals surface area contributed by atoms with Gasteiger partial charge >= 0.3 is 5.97 Å². The minimum atomic E-state index is -0.854. The molecule has 0 spiro atoms. The van der Waals surface area contributed by atoms with Crippen molar-refractivity contribution >= 4 is 5.97 Å². The Balaban J connectivity index is 1.87. The molecule has 4 aromatic rings. The van der Waals surface area contributed by atoms with Crippen LogP contribution in [-0.2, 0) is 16.9 Å². The van der Waals surface area contributed by atoms with Crippen LogP contribution in [0.1, 0.15) is 28.7 Å². The summed E-state index contributed by atoms with van der Waals surface area (Å²) in [6.45, 7) is 4.37. The normalized spacial score (nSPS) is 14.3. The lowest BCUT2D eigenvalue weighted by atomic mass is 9.77. The number of nitrogens with zero attached hydrogens (tertiary/aromatic N) is 1. The largest absolute Gasteiger partial charge is 0.480 e. The Morgan fingerprint density at radius 1 is 0.794 bits per heavy atom. The molecule has 1 atom stereocenters. The Morgan fingerprint density at radius 2 is 1.29 bits per heavy atom. The lowest BCUT2D eigenvalue weighted by Crippen LogP contribution is -2.54. The topological polar surface area (TPSA) is 40.5 Å². The molecule has 4 aromatic carbocycles. The summed E-state index contributed by atoms with van der Waals surface area (Å²) in [6.07, 6.45) is 2.04. The third-order valence-corrected chi connectivity index (χ3v) is 6.79. The molecule has 0 aromatic heterocycles. The van der Waals surface area contributed by atoms with Gasteiger partial charge in [-0.25, -0.2) is 0 Å². The summed E-state index contributed by atoms with van der Waals surface area (Å²) in [5.41, 5.74) is 5.84. The maximum Gasteiger partial charge on any atom is 0.321 e. The average molecular weight is 446 g/mol. The van der Waals surface area contributed by atoms with E-state index in [0.717, 1.165) is 33.4 Å². The Morgan fingerprint density at radius 3 is 1.82 bits per heavy atom. The van der Waals surface area contributed by atoms with Crippen molar-refractivity contribution in [2.45, 2.75) is 24.5 Å². The van der Waals surface area contributed by atoms with Crippen LogP contribution in [0.4, 0.5) is 0 Å². The van der Waals surface area contributed by atoms with E-state index in [9.17, 15) is 9.90 Å². The summed E-state index contributed by atoms with van der Waals surface area (Å²) >= 11 is 0. The zero-order chi connectivity index (χ0) is 23.5. The molecular formula is C31H27NO2. The second kappa shape index (κ2) is 9.12. The van der Waals surface area contributed by atoms with Crippen molar-refractivity contribution in [2.75, 3.05) is 0 Å². The van der Waals surface area contributed by atoms with Crippen molar-refractivity contribution in [2.24, 2.45) is 0 Å². The number of aliphatic carboxylic acids is 1. The molecule has 1 unspecified atom stereocenters. The standard InChI is InChI=1S/C31H27NO2/c1-2-13-29(30(33)34)32(22-23-14-5-3-6-15-23)31(24-16-7-4-8-17-24)27-20-11-9-18-25(27)26-19-10-12-21-28(26)31/h2-12,14-21,29H,1,13,22H2,(H,33,34). The molecule has 0 heterocycles. The fraction of sp³-hybridized carbons (Fsp3) is 0.129. The lowest BCUT2D eigenvalue weighted by Gasteiger charge is -2.46. The molecule has 0 radical (unpaired) electrons. The zero-order valence-electron chi connectivity index (χ0n) is 19.0. The van der Waals surface area contributed by atoms with Crippen LogP contribution in [0.15, 0.2) is 122 Å². The number of carboxylic acid groups (broad SMARTS) is 1. The van der Waals surface area contributed by atoms with Crippen LogP contribution in [0.5, 0.6) is 0 Å². The molecule has 1 aliphatic rings. The molecule has 0 saturated carbocycles. The van der Waals surface area contributed by atoms with Gasteiger partial charge in [0.15, 0.2) is 0 Å². The smallest absolute Gasteiger partial charge is 0.321 e. The molecule has 0 aliphatic heterocycles. The van der Waals surface area contributed by atoms with Gasteiger partial charge in [0.25, 0.3) is 0 Å². The molecule has 168 valence electrons. The number of carboxylic acids is 1. The van der Waals surface area contributed by atoms with E-state index in [1.807, 2.05) is 48.5 Å². The highest BCUT2D eigenvalue weighted by atomic mass is 16.4. The second-order valence-corrected chi connectivity index (χ2v) is 8.66. The van der Waals surface area contributed by atoms with E-state index in [1.54, 1.807) is 6.08 Å². The summed E-state index contributed by atoms with van der Waals surface area (Å²) in [5, 5.41) is 10.5. The SMILES string of the molecule is C=CCC(C(=O)O)N(Cc1ccccc1)C1(c2ccccc2)c2ccccc2-c2ccccc21. The fourth-order valence-electron chi connectivity index (χ4n) is 5.44. The molecule has 1 N–H and O–H groups in total. The van der Waals surface area contributed by atoms with Crippen molar-refractivity contribution in [3.05, 3.63) is 144 Å². The summed E-state index contributed by atoms with van der Waals surface area (Å²) in [7, 11) is 0. The maximum absolute atomic E-state index is 12.8. The highest BCUT2D eigenvalue weighted by Crippen LogP contribution is 2.55. The van der Waals surface area contributed by atoms with Gasteiger partial charge < -0.3 is 5.11 Å². The summed E-state index contributed by atoms with van der Waals surface area (Å²) in [5.74, 6) is -0.854. The Kier molecular flexibility index (Phi) is 5.87. The molecule has 3 heteroatoms. The zero-order valence-corrected chi connectivity index (χ0v) is 19.0.